The summed E-state index contributed by atoms with van der Waals surface area (Å²) >= 11 is 0. The molecule has 0 spiro atoms. The van der Waals surface area contributed by atoms with E-state index in [9.17, 15) is 9.59 Å². The summed E-state index contributed by atoms with van der Waals surface area (Å²) in [5.74, 6) is 1.17. The lowest BCUT2D eigenvalue weighted by Crippen LogP contribution is -2.56. The van der Waals surface area contributed by atoms with E-state index < -0.39 is 6.04 Å². The molecule has 0 bridgehead atoms. The number of rotatable bonds is 8. The van der Waals surface area contributed by atoms with Gasteiger partial charge in [-0.3, -0.25) is 14.5 Å². The molecule has 1 aromatic carbocycles. The van der Waals surface area contributed by atoms with Crippen molar-refractivity contribution in [3.05, 3.63) is 29.8 Å². The molecule has 26 heavy (non-hydrogen) atoms. The van der Waals surface area contributed by atoms with E-state index in [-0.39, 0.29) is 18.2 Å². The highest BCUT2D eigenvalue weighted by atomic mass is 16.5. The van der Waals surface area contributed by atoms with E-state index >= 15 is 0 Å². The Labute approximate surface area is 156 Å². The maximum absolute atomic E-state index is 12.6. The maximum atomic E-state index is 12.6. The van der Waals surface area contributed by atoms with Crippen LogP contribution in [0.5, 0.6) is 5.75 Å². The highest BCUT2D eigenvalue weighted by molar-refractivity contribution is 5.88. The van der Waals surface area contributed by atoms with Crippen LogP contribution in [0.2, 0.25) is 0 Å². The van der Waals surface area contributed by atoms with Crippen molar-refractivity contribution in [1.29, 1.82) is 0 Å². The molecule has 1 aromatic rings. The average molecular weight is 361 g/mol. The van der Waals surface area contributed by atoms with Gasteiger partial charge in [0.1, 0.15) is 5.75 Å². The standard InChI is InChI=1S/C20H31N3O3/c1-5-26-18-9-7-6-8-16(18)14-23-11-10-21-20(25)17(23)12-19(24)22(4)13-15(2)3/h6-9,15,17H,5,10-14H2,1-4H3,(H,21,25)/t17-/m1/s1. The second kappa shape index (κ2) is 9.57. The Bertz CT molecular complexity index is 618. The quantitative estimate of drug-likeness (QED) is 0.768. The number of nitrogens with one attached hydrogen (secondary N) is 1. The van der Waals surface area contributed by atoms with Crippen molar-refractivity contribution in [1.82, 2.24) is 15.1 Å². The summed E-state index contributed by atoms with van der Waals surface area (Å²) in [6.07, 6.45) is 0.200. The van der Waals surface area contributed by atoms with Crippen LogP contribution in [-0.4, -0.2) is 60.9 Å². The number of ether oxygens (including phenoxy) is 1. The molecule has 1 aliphatic heterocycles. The van der Waals surface area contributed by atoms with Crippen molar-refractivity contribution in [3.8, 4) is 5.75 Å². The van der Waals surface area contributed by atoms with E-state index in [4.69, 9.17) is 4.74 Å². The first-order valence-corrected chi connectivity index (χ1v) is 9.38. The van der Waals surface area contributed by atoms with E-state index in [1.807, 2.05) is 31.2 Å². The largest absolute Gasteiger partial charge is 0.494 e. The molecule has 1 saturated heterocycles. The van der Waals surface area contributed by atoms with Gasteiger partial charge in [0.05, 0.1) is 19.1 Å². The number of hydrogen-bond donors (Lipinski definition) is 1. The van der Waals surface area contributed by atoms with Gasteiger partial charge in [-0.2, -0.15) is 0 Å². The van der Waals surface area contributed by atoms with Crippen LogP contribution in [0, 0.1) is 5.92 Å². The van der Waals surface area contributed by atoms with Crippen LogP contribution in [0.15, 0.2) is 24.3 Å². The van der Waals surface area contributed by atoms with Crippen LogP contribution >= 0.6 is 0 Å². The predicted molar refractivity (Wildman–Crippen MR) is 102 cm³/mol. The van der Waals surface area contributed by atoms with Crippen molar-refractivity contribution in [2.24, 2.45) is 5.92 Å². The Balaban J connectivity index is 2.10. The molecular formula is C20H31N3O3. The molecule has 0 unspecified atom stereocenters. The average Bonchev–Trinajstić information content (AvgIpc) is 2.59. The molecule has 1 heterocycles. The van der Waals surface area contributed by atoms with E-state index in [2.05, 4.69) is 24.1 Å². The maximum Gasteiger partial charge on any atom is 0.237 e. The normalized spacial score (nSPS) is 17.9. The smallest absolute Gasteiger partial charge is 0.237 e. The van der Waals surface area contributed by atoms with Gasteiger partial charge in [0.15, 0.2) is 0 Å². The minimum absolute atomic E-state index is 0.00356. The molecule has 6 nitrogen and oxygen atoms in total. The minimum Gasteiger partial charge on any atom is -0.494 e. The number of hydrogen-bond acceptors (Lipinski definition) is 4. The molecule has 0 aromatic heterocycles. The summed E-state index contributed by atoms with van der Waals surface area (Å²) in [6, 6.07) is 7.43. The Morgan fingerprint density at radius 1 is 1.38 bits per heavy atom. The monoisotopic (exact) mass is 361 g/mol. The summed E-state index contributed by atoms with van der Waals surface area (Å²) in [4.78, 5) is 28.8. The van der Waals surface area contributed by atoms with Crippen LogP contribution < -0.4 is 10.1 Å². The van der Waals surface area contributed by atoms with Gasteiger partial charge in [-0.05, 0) is 18.9 Å². The molecule has 2 amide bonds. The van der Waals surface area contributed by atoms with E-state index in [1.165, 1.54) is 0 Å². The zero-order valence-corrected chi connectivity index (χ0v) is 16.3. The number of amides is 2. The van der Waals surface area contributed by atoms with Gasteiger partial charge in [-0.1, -0.05) is 32.0 Å². The van der Waals surface area contributed by atoms with Gasteiger partial charge in [0.2, 0.25) is 11.8 Å². The Morgan fingerprint density at radius 2 is 2.12 bits per heavy atom. The number of piperazine rings is 1. The van der Waals surface area contributed by atoms with E-state index in [0.717, 1.165) is 17.9 Å². The fourth-order valence-corrected chi connectivity index (χ4v) is 3.29. The Kier molecular flexibility index (Phi) is 7.45. The summed E-state index contributed by atoms with van der Waals surface area (Å²) in [6.45, 7) is 9.31. The Hall–Kier alpha value is -2.08. The summed E-state index contributed by atoms with van der Waals surface area (Å²) < 4.78 is 5.70. The third-order valence-electron chi connectivity index (χ3n) is 4.52. The number of para-hydroxylation sites is 1. The topological polar surface area (TPSA) is 61.9 Å². The van der Waals surface area contributed by atoms with Crippen LogP contribution in [0.4, 0.5) is 0 Å². The number of benzene rings is 1. The fraction of sp³-hybridized carbons (Fsp3) is 0.600. The van der Waals surface area contributed by atoms with Gasteiger partial charge in [0.25, 0.3) is 0 Å². The second-order valence-corrected chi connectivity index (χ2v) is 7.19. The third kappa shape index (κ3) is 5.46. The Morgan fingerprint density at radius 3 is 2.81 bits per heavy atom. The lowest BCUT2D eigenvalue weighted by Gasteiger charge is -2.35. The number of carbonyl (C=O) groups is 2. The lowest BCUT2D eigenvalue weighted by atomic mass is 10.1. The molecular weight excluding hydrogens is 330 g/mol. The molecule has 1 atom stereocenters. The van der Waals surface area contributed by atoms with Gasteiger partial charge in [-0.15, -0.1) is 0 Å². The SMILES string of the molecule is CCOc1ccccc1CN1CCNC(=O)[C@H]1CC(=O)N(C)CC(C)C. The van der Waals surface area contributed by atoms with Crippen molar-refractivity contribution >= 4 is 11.8 Å². The molecule has 2 rings (SSSR count). The highest BCUT2D eigenvalue weighted by Gasteiger charge is 2.32. The van der Waals surface area contributed by atoms with Gasteiger partial charge >= 0.3 is 0 Å². The van der Waals surface area contributed by atoms with Crippen LogP contribution in [0.1, 0.15) is 32.8 Å². The van der Waals surface area contributed by atoms with E-state index in [0.29, 0.717) is 32.2 Å². The first kappa shape index (κ1) is 20.2. The predicted octanol–water partition coefficient (Wildman–Crippen LogP) is 1.89. The first-order chi connectivity index (χ1) is 12.4. The van der Waals surface area contributed by atoms with Crippen molar-refractivity contribution in [2.75, 3.05) is 33.3 Å². The third-order valence-corrected chi connectivity index (χ3v) is 4.52. The van der Waals surface area contributed by atoms with Crippen LogP contribution in [0.25, 0.3) is 0 Å². The molecule has 1 aliphatic rings. The summed E-state index contributed by atoms with van der Waals surface area (Å²) in [7, 11) is 1.80. The molecule has 0 aliphatic carbocycles. The lowest BCUT2D eigenvalue weighted by molar-refractivity contribution is -0.138. The highest BCUT2D eigenvalue weighted by Crippen LogP contribution is 2.22. The van der Waals surface area contributed by atoms with Crippen LogP contribution in [-0.2, 0) is 16.1 Å². The van der Waals surface area contributed by atoms with Crippen molar-refractivity contribution in [2.45, 2.75) is 39.8 Å². The molecule has 1 fully saturated rings. The fourth-order valence-electron chi connectivity index (χ4n) is 3.29. The molecule has 144 valence electrons. The molecule has 0 radical (unpaired) electrons. The zero-order valence-electron chi connectivity index (χ0n) is 16.3. The van der Waals surface area contributed by atoms with Gasteiger partial charge in [-0.25, -0.2) is 0 Å². The van der Waals surface area contributed by atoms with Crippen molar-refractivity contribution < 1.29 is 14.3 Å². The second-order valence-electron chi connectivity index (χ2n) is 7.19. The molecule has 1 N–H and O–H groups in total. The number of carbonyl (C=O) groups excluding carboxylic acids is 2. The molecule has 0 saturated carbocycles. The number of nitrogens with zero attached hydrogens (tertiary/aromatic N) is 2. The summed E-state index contributed by atoms with van der Waals surface area (Å²) in [5, 5.41) is 2.89. The van der Waals surface area contributed by atoms with Crippen LogP contribution in [0.3, 0.4) is 0 Å². The first-order valence-electron chi connectivity index (χ1n) is 9.38. The summed E-state index contributed by atoms with van der Waals surface area (Å²) in [5.41, 5.74) is 1.04. The van der Waals surface area contributed by atoms with Gasteiger partial charge < -0.3 is 15.0 Å². The van der Waals surface area contributed by atoms with Gasteiger partial charge in [0, 0.05) is 38.8 Å². The van der Waals surface area contributed by atoms with E-state index in [1.54, 1.807) is 11.9 Å². The minimum atomic E-state index is -0.444. The molecule has 6 heteroatoms. The van der Waals surface area contributed by atoms with Crippen molar-refractivity contribution in [3.63, 3.8) is 0 Å². The zero-order chi connectivity index (χ0) is 19.1.